The summed E-state index contributed by atoms with van der Waals surface area (Å²) in [5.41, 5.74) is 3.25. The van der Waals surface area contributed by atoms with Gasteiger partial charge >= 0.3 is 0 Å². The number of hydrogen-bond acceptors (Lipinski definition) is 3. The molecule has 18 heavy (non-hydrogen) atoms. The average Bonchev–Trinajstić information content (AvgIpc) is 3.08. The van der Waals surface area contributed by atoms with E-state index in [1.165, 1.54) is 23.8 Å². The predicted octanol–water partition coefficient (Wildman–Crippen LogP) is 3.47. The number of benzene rings is 1. The van der Waals surface area contributed by atoms with Crippen molar-refractivity contribution in [2.45, 2.75) is 25.3 Å². The lowest BCUT2D eigenvalue weighted by Gasteiger charge is -2.11. The zero-order valence-corrected chi connectivity index (χ0v) is 10.1. The minimum atomic E-state index is 0.568. The van der Waals surface area contributed by atoms with Crippen LogP contribution in [0.5, 0.6) is 0 Å². The van der Waals surface area contributed by atoms with Crippen LogP contribution >= 0.6 is 0 Å². The van der Waals surface area contributed by atoms with Crippen LogP contribution in [-0.4, -0.2) is 12.6 Å². The number of furan rings is 2. The summed E-state index contributed by atoms with van der Waals surface area (Å²) >= 11 is 0. The van der Waals surface area contributed by atoms with E-state index in [1.807, 2.05) is 12.1 Å². The fourth-order valence-electron chi connectivity index (χ4n) is 3.00. The summed E-state index contributed by atoms with van der Waals surface area (Å²) in [5, 5.41) is 5.86. The molecule has 0 radical (unpaired) electrons. The van der Waals surface area contributed by atoms with Crippen LogP contribution in [0.25, 0.3) is 21.9 Å². The topological polar surface area (TPSA) is 38.3 Å². The Kier molecular flexibility index (Phi) is 2.20. The van der Waals surface area contributed by atoms with E-state index in [0.29, 0.717) is 6.04 Å². The van der Waals surface area contributed by atoms with Crippen molar-refractivity contribution in [3.05, 3.63) is 36.3 Å². The summed E-state index contributed by atoms with van der Waals surface area (Å²) in [5.74, 6) is 0. The SMILES string of the molecule is c1cc2c(CC3CCCN3)c3occc3cc2o1. The molecule has 3 heteroatoms. The van der Waals surface area contributed by atoms with Crippen LogP contribution in [0.4, 0.5) is 0 Å². The summed E-state index contributed by atoms with van der Waals surface area (Å²) < 4.78 is 11.2. The first-order valence-corrected chi connectivity index (χ1v) is 6.51. The van der Waals surface area contributed by atoms with Crippen LogP contribution in [0.15, 0.2) is 39.6 Å². The van der Waals surface area contributed by atoms with E-state index in [1.54, 1.807) is 12.5 Å². The van der Waals surface area contributed by atoms with Gasteiger partial charge in [0.15, 0.2) is 0 Å². The highest BCUT2D eigenvalue weighted by molar-refractivity contribution is 5.97. The third-order valence-corrected chi connectivity index (χ3v) is 3.89. The molecule has 1 aliphatic rings. The Hall–Kier alpha value is -1.74. The smallest absolute Gasteiger partial charge is 0.137 e. The maximum absolute atomic E-state index is 5.67. The molecule has 1 fully saturated rings. The lowest BCUT2D eigenvalue weighted by molar-refractivity contribution is 0.582. The molecule has 92 valence electrons. The fraction of sp³-hybridized carbons (Fsp3) is 0.333. The summed E-state index contributed by atoms with van der Waals surface area (Å²) in [6.45, 7) is 1.13. The molecule has 1 saturated heterocycles. The summed E-state index contributed by atoms with van der Waals surface area (Å²) in [4.78, 5) is 0. The predicted molar refractivity (Wildman–Crippen MR) is 70.7 cm³/mol. The largest absolute Gasteiger partial charge is 0.464 e. The maximum Gasteiger partial charge on any atom is 0.137 e. The van der Waals surface area contributed by atoms with Crippen molar-refractivity contribution >= 4 is 21.9 Å². The Balaban J connectivity index is 1.91. The third kappa shape index (κ3) is 1.47. The maximum atomic E-state index is 5.67. The second-order valence-corrected chi connectivity index (χ2v) is 5.02. The Morgan fingerprint density at radius 1 is 1.22 bits per heavy atom. The van der Waals surface area contributed by atoms with Gasteiger partial charge in [-0.3, -0.25) is 0 Å². The van der Waals surface area contributed by atoms with Crippen molar-refractivity contribution in [3.63, 3.8) is 0 Å². The zero-order chi connectivity index (χ0) is 11.9. The second kappa shape index (κ2) is 3.89. The first kappa shape index (κ1) is 10.2. The minimum Gasteiger partial charge on any atom is -0.464 e. The van der Waals surface area contributed by atoms with Crippen LogP contribution in [-0.2, 0) is 6.42 Å². The van der Waals surface area contributed by atoms with E-state index < -0.39 is 0 Å². The molecule has 3 heterocycles. The van der Waals surface area contributed by atoms with Crippen LogP contribution < -0.4 is 5.32 Å². The molecule has 0 amide bonds. The van der Waals surface area contributed by atoms with Gasteiger partial charge in [-0.05, 0) is 44.0 Å². The average molecular weight is 241 g/mol. The molecule has 4 rings (SSSR count). The molecule has 0 aliphatic carbocycles. The Bertz CT molecular complexity index is 640. The van der Waals surface area contributed by atoms with Gasteiger partial charge in [-0.15, -0.1) is 0 Å². The lowest BCUT2D eigenvalue weighted by atomic mass is 9.99. The molecule has 3 aromatic rings. The first-order chi connectivity index (χ1) is 8.92. The molecule has 3 nitrogen and oxygen atoms in total. The molecule has 0 spiro atoms. The molecule has 1 N–H and O–H groups in total. The monoisotopic (exact) mass is 241 g/mol. The molecule has 1 unspecified atom stereocenters. The van der Waals surface area contributed by atoms with E-state index in [4.69, 9.17) is 8.83 Å². The van der Waals surface area contributed by atoms with Crippen LogP contribution in [0.3, 0.4) is 0 Å². The number of fused-ring (bicyclic) bond motifs is 2. The third-order valence-electron chi connectivity index (χ3n) is 3.89. The van der Waals surface area contributed by atoms with Gasteiger partial charge in [-0.1, -0.05) is 0 Å². The summed E-state index contributed by atoms with van der Waals surface area (Å²) in [6, 6.07) is 6.67. The van der Waals surface area contributed by atoms with Gasteiger partial charge in [0.25, 0.3) is 0 Å². The van der Waals surface area contributed by atoms with E-state index in [-0.39, 0.29) is 0 Å². The van der Waals surface area contributed by atoms with Crippen molar-refractivity contribution in [1.29, 1.82) is 0 Å². The highest BCUT2D eigenvalue weighted by atomic mass is 16.3. The van der Waals surface area contributed by atoms with E-state index in [0.717, 1.165) is 29.5 Å². The van der Waals surface area contributed by atoms with E-state index >= 15 is 0 Å². The van der Waals surface area contributed by atoms with Crippen molar-refractivity contribution in [3.8, 4) is 0 Å². The number of hydrogen-bond donors (Lipinski definition) is 1. The van der Waals surface area contributed by atoms with Gasteiger partial charge in [0, 0.05) is 22.4 Å². The molecular formula is C15H15NO2. The van der Waals surface area contributed by atoms with Crippen LogP contribution in [0, 0.1) is 0 Å². The van der Waals surface area contributed by atoms with Crippen molar-refractivity contribution < 1.29 is 8.83 Å². The van der Waals surface area contributed by atoms with Gasteiger partial charge in [-0.25, -0.2) is 0 Å². The van der Waals surface area contributed by atoms with Gasteiger partial charge in [0.05, 0.1) is 12.5 Å². The zero-order valence-electron chi connectivity index (χ0n) is 10.1. The fourth-order valence-corrected chi connectivity index (χ4v) is 3.00. The molecule has 2 aromatic heterocycles. The first-order valence-electron chi connectivity index (χ1n) is 6.51. The van der Waals surface area contributed by atoms with Crippen molar-refractivity contribution in [1.82, 2.24) is 5.32 Å². The van der Waals surface area contributed by atoms with Crippen molar-refractivity contribution in [2.24, 2.45) is 0 Å². The molecular weight excluding hydrogens is 226 g/mol. The molecule has 1 aliphatic heterocycles. The van der Waals surface area contributed by atoms with Gasteiger partial charge in [-0.2, -0.15) is 0 Å². The lowest BCUT2D eigenvalue weighted by Crippen LogP contribution is -2.23. The Morgan fingerprint density at radius 2 is 2.17 bits per heavy atom. The quantitative estimate of drug-likeness (QED) is 0.746. The van der Waals surface area contributed by atoms with Crippen molar-refractivity contribution in [2.75, 3.05) is 6.54 Å². The van der Waals surface area contributed by atoms with E-state index in [9.17, 15) is 0 Å². The summed E-state index contributed by atoms with van der Waals surface area (Å²) in [6.07, 6.45) is 7.05. The number of rotatable bonds is 2. The highest BCUT2D eigenvalue weighted by Crippen LogP contribution is 2.31. The Labute approximate surface area is 105 Å². The van der Waals surface area contributed by atoms with E-state index in [2.05, 4.69) is 11.4 Å². The highest BCUT2D eigenvalue weighted by Gasteiger charge is 2.19. The van der Waals surface area contributed by atoms with Gasteiger partial charge in [0.2, 0.25) is 0 Å². The standard InChI is InChI=1S/C15H15NO2/c1-2-11(16-5-1)9-13-12-4-7-17-14(12)8-10-3-6-18-15(10)13/h3-4,6-8,11,16H,1-2,5,9H2. The van der Waals surface area contributed by atoms with Gasteiger partial charge < -0.3 is 14.2 Å². The molecule has 0 saturated carbocycles. The number of nitrogens with one attached hydrogen (secondary N) is 1. The normalized spacial score (nSPS) is 20.1. The summed E-state index contributed by atoms with van der Waals surface area (Å²) in [7, 11) is 0. The van der Waals surface area contributed by atoms with Gasteiger partial charge in [0.1, 0.15) is 11.2 Å². The van der Waals surface area contributed by atoms with Crippen LogP contribution in [0.1, 0.15) is 18.4 Å². The molecule has 1 atom stereocenters. The second-order valence-electron chi connectivity index (χ2n) is 5.02. The minimum absolute atomic E-state index is 0.568. The molecule has 0 bridgehead atoms. The molecule has 1 aromatic carbocycles. The van der Waals surface area contributed by atoms with Crippen LogP contribution in [0.2, 0.25) is 0 Å². The Morgan fingerprint density at radius 3 is 3.06 bits per heavy atom.